The maximum atomic E-state index is 13.5. The lowest BCUT2D eigenvalue weighted by atomic mass is 9.52. The molecule has 0 saturated heterocycles. The molecule has 0 spiro atoms. The number of hydrogen-bond donors (Lipinski definition) is 1. The third kappa shape index (κ3) is 2.39. The zero-order valence-corrected chi connectivity index (χ0v) is 16.2. The lowest BCUT2D eigenvalue weighted by Gasteiger charge is -2.60. The Hall–Kier alpha value is -1.36. The average Bonchev–Trinajstić information content (AvgIpc) is 2.88. The van der Waals surface area contributed by atoms with Crippen molar-refractivity contribution in [3.8, 4) is 0 Å². The highest BCUT2D eigenvalue weighted by atomic mass is 16.3. The summed E-state index contributed by atoms with van der Waals surface area (Å²) in [6.07, 6.45) is 8.88. The molecule has 4 aliphatic carbocycles. The zero-order chi connectivity index (χ0) is 18.3. The van der Waals surface area contributed by atoms with Crippen LogP contribution in [-0.4, -0.2) is 43.9 Å². The monoisotopic (exact) mass is 357 g/mol. The van der Waals surface area contributed by atoms with E-state index in [-0.39, 0.29) is 11.4 Å². The summed E-state index contributed by atoms with van der Waals surface area (Å²) in [6.45, 7) is 7.28. The van der Waals surface area contributed by atoms with Gasteiger partial charge in [0.1, 0.15) is 0 Å². The van der Waals surface area contributed by atoms with Crippen molar-refractivity contribution in [2.75, 3.05) is 6.54 Å². The first-order chi connectivity index (χ1) is 12.3. The molecule has 1 N–H and O–H groups in total. The third-order valence-corrected chi connectivity index (χ3v) is 7.36. The first kappa shape index (κ1) is 16.8. The molecule has 6 rings (SSSR count). The summed E-state index contributed by atoms with van der Waals surface area (Å²) in [5, 5.41) is 15.4. The van der Waals surface area contributed by atoms with Gasteiger partial charge in [-0.1, -0.05) is 0 Å². The second-order valence-corrected chi connectivity index (χ2v) is 10.4. The van der Waals surface area contributed by atoms with E-state index >= 15 is 0 Å². The number of carbonyl (C=O) groups is 1. The van der Waals surface area contributed by atoms with Gasteiger partial charge in [0, 0.05) is 12.6 Å². The van der Waals surface area contributed by atoms with Crippen LogP contribution in [0.4, 0.5) is 0 Å². The highest BCUT2D eigenvalue weighted by Gasteiger charge is 2.57. The second-order valence-electron chi connectivity index (χ2n) is 10.4. The van der Waals surface area contributed by atoms with Crippen molar-refractivity contribution in [1.82, 2.24) is 14.7 Å². The predicted molar refractivity (Wildman–Crippen MR) is 98.9 cm³/mol. The normalized spacial score (nSPS) is 39.2. The van der Waals surface area contributed by atoms with Gasteiger partial charge in [0.2, 0.25) is 0 Å². The minimum atomic E-state index is -0.440. The molecule has 4 bridgehead atoms. The van der Waals surface area contributed by atoms with Crippen molar-refractivity contribution in [2.24, 2.45) is 17.8 Å². The van der Waals surface area contributed by atoms with Crippen molar-refractivity contribution in [3.63, 3.8) is 0 Å². The molecule has 2 unspecified atom stereocenters. The number of aromatic nitrogens is 2. The van der Waals surface area contributed by atoms with Crippen molar-refractivity contribution in [2.45, 2.75) is 82.9 Å². The number of rotatable bonds is 1. The van der Waals surface area contributed by atoms with Gasteiger partial charge in [0.15, 0.2) is 0 Å². The molecule has 5 heteroatoms. The topological polar surface area (TPSA) is 58.4 Å². The fraction of sp³-hybridized carbons (Fsp3) is 0.810. The molecular formula is C21H31N3O2. The largest absolute Gasteiger partial charge is 0.390 e. The Morgan fingerprint density at radius 1 is 1.19 bits per heavy atom. The Morgan fingerprint density at radius 3 is 2.50 bits per heavy atom. The number of nitrogens with zero attached hydrogens (tertiary/aromatic N) is 3. The van der Waals surface area contributed by atoms with Crippen LogP contribution in [0.15, 0.2) is 6.20 Å². The van der Waals surface area contributed by atoms with Gasteiger partial charge >= 0.3 is 0 Å². The molecule has 4 fully saturated rings. The van der Waals surface area contributed by atoms with Gasteiger partial charge in [0.05, 0.1) is 28.6 Å². The number of aliphatic hydroxyl groups is 1. The Balaban J connectivity index is 1.48. The number of amides is 1. The Morgan fingerprint density at radius 2 is 1.88 bits per heavy atom. The van der Waals surface area contributed by atoms with Gasteiger partial charge in [-0.2, -0.15) is 5.10 Å². The average molecular weight is 357 g/mol. The maximum absolute atomic E-state index is 13.5. The van der Waals surface area contributed by atoms with E-state index in [2.05, 4.69) is 30.8 Å². The van der Waals surface area contributed by atoms with Crippen LogP contribution in [0.1, 0.15) is 75.3 Å². The van der Waals surface area contributed by atoms with E-state index in [0.717, 1.165) is 49.9 Å². The van der Waals surface area contributed by atoms with Gasteiger partial charge in [-0.3, -0.25) is 9.48 Å². The predicted octanol–water partition coefficient (Wildman–Crippen LogP) is 2.97. The molecule has 2 heterocycles. The molecule has 1 aliphatic heterocycles. The van der Waals surface area contributed by atoms with Crippen LogP contribution in [0, 0.1) is 17.8 Å². The minimum absolute atomic E-state index is 0.102. The van der Waals surface area contributed by atoms with Crippen LogP contribution >= 0.6 is 0 Å². The lowest BCUT2D eigenvalue weighted by molar-refractivity contribution is -0.154. The lowest BCUT2D eigenvalue weighted by Crippen LogP contribution is -2.62. The third-order valence-electron chi connectivity index (χ3n) is 7.36. The molecule has 5 nitrogen and oxygen atoms in total. The summed E-state index contributed by atoms with van der Waals surface area (Å²) in [5.41, 5.74) is 1.37. The van der Waals surface area contributed by atoms with E-state index in [1.807, 2.05) is 4.68 Å². The van der Waals surface area contributed by atoms with Crippen molar-refractivity contribution >= 4 is 5.91 Å². The van der Waals surface area contributed by atoms with Crippen molar-refractivity contribution in [1.29, 1.82) is 0 Å². The molecule has 26 heavy (non-hydrogen) atoms. The van der Waals surface area contributed by atoms with E-state index in [1.165, 1.54) is 12.8 Å². The van der Waals surface area contributed by atoms with E-state index in [0.29, 0.717) is 23.8 Å². The number of fused-ring (bicyclic) bond motifs is 1. The van der Waals surface area contributed by atoms with Gasteiger partial charge in [-0.05, 0) is 83.5 Å². The summed E-state index contributed by atoms with van der Waals surface area (Å²) in [6, 6.07) is 0.322. The Labute approximate surface area is 155 Å². The molecule has 4 saturated carbocycles. The van der Waals surface area contributed by atoms with E-state index in [9.17, 15) is 9.90 Å². The molecule has 5 aliphatic rings. The highest BCUT2D eigenvalue weighted by Crippen LogP contribution is 2.57. The standard InChI is InChI=1S/C21H31N3O2/c1-20(2,3)24-17-5-4-6-23(19(25)16(17)12-22-24)18-14-7-13-8-15(18)11-21(26,9-13)10-14/h12-15,18,26H,4-11H2,1-3H3/t13?,14?,15?,18-,21+. The maximum Gasteiger partial charge on any atom is 0.257 e. The molecule has 142 valence electrons. The first-order valence-corrected chi connectivity index (χ1v) is 10.4. The van der Waals surface area contributed by atoms with Gasteiger partial charge in [0.25, 0.3) is 5.91 Å². The van der Waals surface area contributed by atoms with E-state index < -0.39 is 5.60 Å². The quantitative estimate of drug-likeness (QED) is 0.841. The summed E-state index contributed by atoms with van der Waals surface area (Å²) in [4.78, 5) is 15.7. The SMILES string of the molecule is CC(C)(C)n1ncc2c1CCCN([C@H]1C3CC4CC1C[C@@](O)(C4)C3)C2=O. The summed E-state index contributed by atoms with van der Waals surface area (Å²) in [7, 11) is 0. The Kier molecular flexibility index (Phi) is 3.45. The number of hydrogen-bond acceptors (Lipinski definition) is 3. The molecule has 2 atom stereocenters. The van der Waals surface area contributed by atoms with Crippen LogP contribution in [0.5, 0.6) is 0 Å². The van der Waals surface area contributed by atoms with Gasteiger partial charge in [-0.15, -0.1) is 0 Å². The number of carbonyl (C=O) groups excluding carboxylic acids is 1. The van der Waals surface area contributed by atoms with Crippen LogP contribution in [-0.2, 0) is 12.0 Å². The summed E-state index contributed by atoms with van der Waals surface area (Å²) in [5.74, 6) is 1.82. The molecule has 1 aromatic rings. The summed E-state index contributed by atoms with van der Waals surface area (Å²) < 4.78 is 2.04. The van der Waals surface area contributed by atoms with Crippen LogP contribution in [0.25, 0.3) is 0 Å². The van der Waals surface area contributed by atoms with Crippen LogP contribution in [0.3, 0.4) is 0 Å². The van der Waals surface area contributed by atoms with Crippen molar-refractivity contribution in [3.05, 3.63) is 17.5 Å². The molecule has 1 aromatic heterocycles. The fourth-order valence-corrected chi connectivity index (χ4v) is 6.79. The van der Waals surface area contributed by atoms with Crippen LogP contribution in [0.2, 0.25) is 0 Å². The van der Waals surface area contributed by atoms with Crippen LogP contribution < -0.4 is 0 Å². The van der Waals surface area contributed by atoms with E-state index in [4.69, 9.17) is 0 Å². The fourth-order valence-electron chi connectivity index (χ4n) is 6.79. The first-order valence-electron chi connectivity index (χ1n) is 10.4. The second kappa shape index (κ2) is 5.34. The molecule has 1 amide bonds. The smallest absolute Gasteiger partial charge is 0.257 e. The molecule has 0 radical (unpaired) electrons. The zero-order valence-electron chi connectivity index (χ0n) is 16.2. The Bertz CT molecular complexity index is 731. The van der Waals surface area contributed by atoms with Gasteiger partial charge in [-0.25, -0.2) is 0 Å². The minimum Gasteiger partial charge on any atom is -0.390 e. The van der Waals surface area contributed by atoms with Crippen molar-refractivity contribution < 1.29 is 9.90 Å². The molecule has 0 aromatic carbocycles. The molecular weight excluding hydrogens is 326 g/mol. The van der Waals surface area contributed by atoms with Gasteiger partial charge < -0.3 is 10.0 Å². The summed E-state index contributed by atoms with van der Waals surface area (Å²) >= 11 is 0. The van der Waals surface area contributed by atoms with E-state index in [1.54, 1.807) is 6.20 Å². The highest BCUT2D eigenvalue weighted by molar-refractivity contribution is 5.95.